The Labute approximate surface area is 148 Å². The molecule has 2 fully saturated rings. The van der Waals surface area contributed by atoms with Crippen molar-refractivity contribution in [3.8, 4) is 5.75 Å². The van der Waals surface area contributed by atoms with Crippen LogP contribution in [0.15, 0.2) is 16.1 Å². The molecule has 0 spiro atoms. The minimum absolute atomic E-state index is 0.0249. The average Bonchev–Trinajstić information content (AvgIpc) is 2.80. The molecule has 0 saturated heterocycles. The third-order valence-corrected chi connectivity index (χ3v) is 6.64. The van der Waals surface area contributed by atoms with Crippen LogP contribution in [0.3, 0.4) is 0 Å². The van der Waals surface area contributed by atoms with Crippen molar-refractivity contribution in [2.45, 2.75) is 66.3 Å². The van der Waals surface area contributed by atoms with Crippen LogP contribution >= 0.6 is 11.6 Å². The zero-order valence-corrected chi connectivity index (χ0v) is 16.1. The van der Waals surface area contributed by atoms with Gasteiger partial charge < -0.3 is 4.84 Å². The Kier molecular flexibility index (Phi) is 3.87. The monoisotopic (exact) mass is 351 g/mol. The van der Waals surface area contributed by atoms with Crippen LogP contribution in [0.2, 0.25) is 5.02 Å². The normalized spacial score (nSPS) is 30.1. The molecule has 5 nitrogen and oxygen atoms in total. The molecule has 1 aromatic rings. The van der Waals surface area contributed by atoms with Crippen LogP contribution in [0.5, 0.6) is 5.75 Å². The molecular weight excluding hydrogens is 326 g/mol. The predicted octanol–water partition coefficient (Wildman–Crippen LogP) is 4.23. The van der Waals surface area contributed by atoms with Crippen molar-refractivity contribution in [2.24, 2.45) is 21.9 Å². The molecule has 0 aromatic carbocycles. The number of rotatable bonds is 2. The van der Waals surface area contributed by atoms with Crippen molar-refractivity contribution in [1.29, 1.82) is 0 Å². The predicted molar refractivity (Wildman–Crippen MR) is 95.8 cm³/mol. The first-order valence-electron chi connectivity index (χ1n) is 8.51. The Morgan fingerprint density at radius 1 is 1.38 bits per heavy atom. The van der Waals surface area contributed by atoms with Crippen molar-refractivity contribution < 1.29 is 4.84 Å². The Bertz CT molecular complexity index is 761. The summed E-state index contributed by atoms with van der Waals surface area (Å²) in [4.78, 5) is 17.9. The van der Waals surface area contributed by atoms with E-state index in [0.29, 0.717) is 5.92 Å². The van der Waals surface area contributed by atoms with Gasteiger partial charge in [-0.2, -0.15) is 5.10 Å². The zero-order valence-electron chi connectivity index (χ0n) is 15.3. The molecule has 0 N–H and O–H groups in total. The number of fused-ring (bicyclic) bond motifs is 2. The third-order valence-electron chi connectivity index (χ3n) is 6.29. The zero-order chi connectivity index (χ0) is 17.9. The van der Waals surface area contributed by atoms with E-state index in [9.17, 15) is 4.79 Å². The van der Waals surface area contributed by atoms with E-state index in [1.165, 1.54) is 17.3 Å². The lowest BCUT2D eigenvalue weighted by Crippen LogP contribution is -2.36. The van der Waals surface area contributed by atoms with Gasteiger partial charge in [0.1, 0.15) is 0 Å². The van der Waals surface area contributed by atoms with Gasteiger partial charge in [-0.1, -0.05) is 37.5 Å². The van der Waals surface area contributed by atoms with Gasteiger partial charge >= 0.3 is 0 Å². The van der Waals surface area contributed by atoms with Crippen LogP contribution in [0, 0.1) is 16.7 Å². The average molecular weight is 352 g/mol. The molecule has 1 aromatic heterocycles. The quantitative estimate of drug-likeness (QED) is 0.749. The topological polar surface area (TPSA) is 56.5 Å². The van der Waals surface area contributed by atoms with Crippen LogP contribution in [-0.4, -0.2) is 15.5 Å². The fraction of sp³-hybridized carbons (Fsp3) is 0.722. The van der Waals surface area contributed by atoms with Gasteiger partial charge in [-0.25, -0.2) is 4.68 Å². The lowest BCUT2D eigenvalue weighted by Gasteiger charge is -2.34. The van der Waals surface area contributed by atoms with E-state index in [2.05, 4.69) is 31.0 Å². The molecular formula is C18H26ClN3O2. The summed E-state index contributed by atoms with van der Waals surface area (Å²) in [6.45, 7) is 12.6. The molecule has 6 heteroatoms. The largest absolute Gasteiger partial charge is 0.354 e. The molecule has 3 rings (SSSR count). The maximum atomic E-state index is 12.4. The summed E-state index contributed by atoms with van der Waals surface area (Å²) in [6, 6.07) is 0. The van der Waals surface area contributed by atoms with Crippen molar-refractivity contribution in [3.63, 3.8) is 0 Å². The molecule has 132 valence electrons. The van der Waals surface area contributed by atoms with Gasteiger partial charge in [0.15, 0.2) is 5.02 Å². The second-order valence-corrected chi connectivity index (χ2v) is 9.21. The van der Waals surface area contributed by atoms with E-state index in [4.69, 9.17) is 16.4 Å². The van der Waals surface area contributed by atoms with Crippen molar-refractivity contribution in [3.05, 3.63) is 21.6 Å². The van der Waals surface area contributed by atoms with E-state index < -0.39 is 5.54 Å². The van der Waals surface area contributed by atoms with Gasteiger partial charge in [-0.05, 0) is 51.4 Å². The van der Waals surface area contributed by atoms with Crippen LogP contribution in [-0.2, 0) is 5.54 Å². The van der Waals surface area contributed by atoms with E-state index in [1.54, 1.807) is 0 Å². The molecule has 2 bridgehead atoms. The minimum Gasteiger partial charge on any atom is -0.354 e. The van der Waals surface area contributed by atoms with E-state index in [0.717, 1.165) is 18.6 Å². The summed E-state index contributed by atoms with van der Waals surface area (Å²) in [5.41, 5.74) is 0.555. The molecule has 0 radical (unpaired) electrons. The Morgan fingerprint density at radius 2 is 2.04 bits per heavy atom. The van der Waals surface area contributed by atoms with Gasteiger partial charge in [0.2, 0.25) is 5.75 Å². The van der Waals surface area contributed by atoms with Gasteiger partial charge in [-0.3, -0.25) is 4.79 Å². The number of aromatic nitrogens is 2. The highest BCUT2D eigenvalue weighted by Gasteiger charge is 2.60. The highest BCUT2D eigenvalue weighted by molar-refractivity contribution is 6.31. The van der Waals surface area contributed by atoms with Crippen molar-refractivity contribution >= 4 is 17.3 Å². The number of oxime groups is 1. The molecule has 24 heavy (non-hydrogen) atoms. The van der Waals surface area contributed by atoms with E-state index in [1.807, 2.05) is 20.8 Å². The smallest absolute Gasteiger partial charge is 0.289 e. The number of hydrogen-bond acceptors (Lipinski definition) is 4. The van der Waals surface area contributed by atoms with Gasteiger partial charge in [0.05, 0.1) is 17.4 Å². The second-order valence-electron chi connectivity index (χ2n) is 8.83. The molecule has 2 saturated carbocycles. The van der Waals surface area contributed by atoms with Crippen LogP contribution in [0.1, 0.15) is 60.8 Å². The van der Waals surface area contributed by atoms with Crippen molar-refractivity contribution in [2.75, 3.05) is 0 Å². The molecule has 2 aliphatic carbocycles. The molecule has 1 heterocycles. The summed E-state index contributed by atoms with van der Waals surface area (Å²) in [5.74, 6) is 0.867. The molecule has 2 atom stereocenters. The third kappa shape index (κ3) is 2.40. The summed E-state index contributed by atoms with van der Waals surface area (Å²) in [7, 11) is 0. The maximum Gasteiger partial charge on any atom is 0.289 e. The van der Waals surface area contributed by atoms with Gasteiger partial charge in [0, 0.05) is 5.41 Å². The number of hydrogen-bond donors (Lipinski definition) is 0. The van der Waals surface area contributed by atoms with Crippen molar-refractivity contribution in [1.82, 2.24) is 9.78 Å². The SMILES string of the molecule is CC(C)(C)n1ncc(O/N=C2/CC3CCC2(C)C3(C)C)c(Cl)c1=O. The second kappa shape index (κ2) is 5.32. The molecule has 0 aliphatic heterocycles. The first-order valence-corrected chi connectivity index (χ1v) is 8.89. The first kappa shape index (κ1) is 17.5. The Morgan fingerprint density at radius 3 is 2.54 bits per heavy atom. The highest BCUT2D eigenvalue weighted by Crippen LogP contribution is 2.64. The lowest BCUT2D eigenvalue weighted by molar-refractivity contribution is 0.191. The summed E-state index contributed by atoms with van der Waals surface area (Å²) >= 11 is 6.19. The van der Waals surface area contributed by atoms with Gasteiger partial charge in [-0.15, -0.1) is 0 Å². The lowest BCUT2D eigenvalue weighted by atomic mass is 9.70. The summed E-state index contributed by atoms with van der Waals surface area (Å²) in [6.07, 6.45) is 4.80. The summed E-state index contributed by atoms with van der Waals surface area (Å²) < 4.78 is 1.36. The van der Waals surface area contributed by atoms with Crippen LogP contribution < -0.4 is 10.4 Å². The van der Waals surface area contributed by atoms with Crippen LogP contribution in [0.4, 0.5) is 0 Å². The Hall–Kier alpha value is -1.36. The van der Waals surface area contributed by atoms with E-state index >= 15 is 0 Å². The number of nitrogens with zero attached hydrogens (tertiary/aromatic N) is 3. The fourth-order valence-electron chi connectivity index (χ4n) is 4.13. The Balaban J connectivity index is 1.89. The van der Waals surface area contributed by atoms with Gasteiger partial charge in [0.25, 0.3) is 5.56 Å². The molecule has 0 amide bonds. The highest BCUT2D eigenvalue weighted by atomic mass is 35.5. The minimum atomic E-state index is -0.437. The maximum absolute atomic E-state index is 12.4. The molecule has 2 aliphatic rings. The van der Waals surface area contributed by atoms with E-state index in [-0.39, 0.29) is 27.2 Å². The first-order chi connectivity index (χ1) is 11.0. The fourth-order valence-corrected chi connectivity index (χ4v) is 4.29. The van der Waals surface area contributed by atoms with Crippen LogP contribution in [0.25, 0.3) is 0 Å². The summed E-state index contributed by atoms with van der Waals surface area (Å²) in [5, 5.41) is 8.58. The number of halogens is 1. The standard InChI is InChI=1S/C18H26ClN3O2/c1-16(2,3)22-15(23)14(19)12(10-20-22)24-21-13-9-11-7-8-18(13,6)17(11,4)5/h10-11H,7-9H2,1-6H3/b21-13-. The molecule has 2 unspecified atom stereocenters.